The smallest absolute Gasteiger partial charge is 0.237 e. The molecule has 0 saturated carbocycles. The molecule has 0 heterocycles. The number of nitrogens with one attached hydrogen (secondary N) is 1. The number of rotatable bonds is 8. The van der Waals surface area contributed by atoms with E-state index in [1.165, 1.54) is 0 Å². The van der Waals surface area contributed by atoms with Gasteiger partial charge in [0.2, 0.25) is 5.91 Å². The molecule has 1 amide bonds. The first-order valence-electron chi connectivity index (χ1n) is 5.66. The molecule has 0 aromatic heterocycles. The molecule has 0 aliphatic heterocycles. The van der Waals surface area contributed by atoms with Crippen LogP contribution in [0, 0.1) is 0 Å². The topological polar surface area (TPSA) is 64.4 Å². The number of methoxy groups -OCH3 is 1. The summed E-state index contributed by atoms with van der Waals surface area (Å²) in [6, 6.07) is -0.236. The average molecular weight is 216 g/mol. The van der Waals surface area contributed by atoms with Crippen LogP contribution in [0.25, 0.3) is 0 Å². The molecule has 2 atom stereocenters. The third-order valence-electron chi connectivity index (χ3n) is 2.35. The van der Waals surface area contributed by atoms with Crippen molar-refractivity contribution >= 4 is 5.91 Å². The number of nitrogens with two attached hydrogens (primary N) is 1. The lowest BCUT2D eigenvalue weighted by Gasteiger charge is -2.17. The summed E-state index contributed by atoms with van der Waals surface area (Å²) in [5, 5.41) is 2.88. The monoisotopic (exact) mass is 216 g/mol. The van der Waals surface area contributed by atoms with Crippen molar-refractivity contribution in [3.05, 3.63) is 0 Å². The van der Waals surface area contributed by atoms with Crippen LogP contribution in [0.2, 0.25) is 0 Å². The number of carbonyl (C=O) groups is 1. The molecule has 15 heavy (non-hydrogen) atoms. The Labute approximate surface area is 92.6 Å². The van der Waals surface area contributed by atoms with Gasteiger partial charge >= 0.3 is 0 Å². The molecule has 0 radical (unpaired) electrons. The van der Waals surface area contributed by atoms with Crippen LogP contribution in [0.5, 0.6) is 0 Å². The number of carbonyl (C=O) groups excluding carboxylic acids is 1. The molecule has 4 heteroatoms. The second-order valence-electron chi connectivity index (χ2n) is 3.94. The molecule has 0 aliphatic carbocycles. The minimum Gasteiger partial charge on any atom is -0.385 e. The van der Waals surface area contributed by atoms with Crippen LogP contribution in [-0.2, 0) is 9.53 Å². The molecule has 0 spiro atoms. The molecule has 4 nitrogen and oxygen atoms in total. The Morgan fingerprint density at radius 1 is 1.47 bits per heavy atom. The third-order valence-corrected chi connectivity index (χ3v) is 2.35. The van der Waals surface area contributed by atoms with Crippen LogP contribution in [-0.4, -0.2) is 31.7 Å². The number of unbranched alkanes of at least 4 members (excludes halogenated alkanes) is 1. The van der Waals surface area contributed by atoms with Crippen LogP contribution in [0.4, 0.5) is 0 Å². The summed E-state index contributed by atoms with van der Waals surface area (Å²) in [6.45, 7) is 4.71. The summed E-state index contributed by atoms with van der Waals surface area (Å²) in [5.41, 5.74) is 5.74. The van der Waals surface area contributed by atoms with Gasteiger partial charge in [0.15, 0.2) is 0 Å². The van der Waals surface area contributed by atoms with E-state index in [2.05, 4.69) is 12.2 Å². The highest BCUT2D eigenvalue weighted by atomic mass is 16.5. The van der Waals surface area contributed by atoms with Crippen LogP contribution < -0.4 is 11.1 Å². The molecular weight excluding hydrogens is 192 g/mol. The Balaban J connectivity index is 3.70. The molecule has 0 bridgehead atoms. The molecular formula is C11H24N2O2. The van der Waals surface area contributed by atoms with Gasteiger partial charge < -0.3 is 15.8 Å². The van der Waals surface area contributed by atoms with Crippen molar-refractivity contribution in [1.82, 2.24) is 5.32 Å². The molecule has 2 unspecified atom stereocenters. The van der Waals surface area contributed by atoms with E-state index < -0.39 is 0 Å². The zero-order valence-corrected chi connectivity index (χ0v) is 10.1. The van der Waals surface area contributed by atoms with Gasteiger partial charge in [-0.05, 0) is 19.8 Å². The highest BCUT2D eigenvalue weighted by molar-refractivity contribution is 5.81. The predicted octanol–water partition coefficient (Wildman–Crippen LogP) is 1.05. The standard InChI is InChI=1S/C11H24N2O2/c1-4-5-6-10(12)11(14)13-9(2)7-8-15-3/h9-10H,4-8,12H2,1-3H3,(H,13,14). The van der Waals surface area contributed by atoms with Crippen molar-refractivity contribution < 1.29 is 9.53 Å². The van der Waals surface area contributed by atoms with Crippen LogP contribution in [0.15, 0.2) is 0 Å². The van der Waals surface area contributed by atoms with E-state index in [4.69, 9.17) is 10.5 Å². The largest absolute Gasteiger partial charge is 0.385 e. The van der Waals surface area contributed by atoms with E-state index in [0.717, 1.165) is 25.7 Å². The Kier molecular flexibility index (Phi) is 8.33. The van der Waals surface area contributed by atoms with Gasteiger partial charge in [-0.3, -0.25) is 4.79 Å². The fourth-order valence-corrected chi connectivity index (χ4v) is 1.27. The maximum atomic E-state index is 11.5. The van der Waals surface area contributed by atoms with Crippen molar-refractivity contribution in [1.29, 1.82) is 0 Å². The van der Waals surface area contributed by atoms with Gasteiger partial charge in [-0.15, -0.1) is 0 Å². The highest BCUT2D eigenvalue weighted by Gasteiger charge is 2.14. The van der Waals surface area contributed by atoms with Gasteiger partial charge in [-0.25, -0.2) is 0 Å². The number of ether oxygens (including phenoxy) is 1. The van der Waals surface area contributed by atoms with Crippen LogP contribution >= 0.6 is 0 Å². The molecule has 0 aromatic rings. The SMILES string of the molecule is CCCCC(N)C(=O)NC(C)CCOC. The molecule has 0 aliphatic rings. The maximum Gasteiger partial charge on any atom is 0.237 e. The van der Waals surface area contributed by atoms with E-state index in [0.29, 0.717) is 6.61 Å². The number of hydrogen-bond acceptors (Lipinski definition) is 3. The van der Waals surface area contributed by atoms with Gasteiger partial charge in [0.25, 0.3) is 0 Å². The van der Waals surface area contributed by atoms with Crippen molar-refractivity contribution in [3.63, 3.8) is 0 Å². The summed E-state index contributed by atoms with van der Waals surface area (Å²) in [5.74, 6) is -0.0490. The van der Waals surface area contributed by atoms with Gasteiger partial charge in [0, 0.05) is 19.8 Å². The number of hydrogen-bond donors (Lipinski definition) is 2. The summed E-state index contributed by atoms with van der Waals surface area (Å²) >= 11 is 0. The van der Waals surface area contributed by atoms with Crippen LogP contribution in [0.1, 0.15) is 39.5 Å². The lowest BCUT2D eigenvalue weighted by molar-refractivity contribution is -0.123. The van der Waals surface area contributed by atoms with Gasteiger partial charge in [0.1, 0.15) is 0 Å². The van der Waals surface area contributed by atoms with E-state index in [1.54, 1.807) is 7.11 Å². The maximum absolute atomic E-state index is 11.5. The second kappa shape index (κ2) is 8.68. The first-order chi connectivity index (χ1) is 7.11. The van der Waals surface area contributed by atoms with Gasteiger partial charge in [0.05, 0.1) is 6.04 Å². The second-order valence-corrected chi connectivity index (χ2v) is 3.94. The summed E-state index contributed by atoms with van der Waals surface area (Å²) in [4.78, 5) is 11.5. The van der Waals surface area contributed by atoms with Crippen molar-refractivity contribution in [2.45, 2.75) is 51.6 Å². The van der Waals surface area contributed by atoms with Gasteiger partial charge in [-0.2, -0.15) is 0 Å². The summed E-state index contributed by atoms with van der Waals surface area (Å²) in [6.07, 6.45) is 3.66. The molecule has 0 aromatic carbocycles. The Bertz CT molecular complexity index is 174. The predicted molar refractivity (Wildman–Crippen MR) is 61.6 cm³/mol. The fourth-order valence-electron chi connectivity index (χ4n) is 1.27. The lowest BCUT2D eigenvalue weighted by Crippen LogP contribution is -2.44. The van der Waals surface area contributed by atoms with Crippen molar-refractivity contribution in [3.8, 4) is 0 Å². The minimum absolute atomic E-state index is 0.0490. The number of amides is 1. The normalized spacial score (nSPS) is 14.7. The molecule has 90 valence electrons. The fraction of sp³-hybridized carbons (Fsp3) is 0.909. The average Bonchev–Trinajstić information content (AvgIpc) is 2.22. The molecule has 0 saturated heterocycles. The van der Waals surface area contributed by atoms with Crippen molar-refractivity contribution in [2.75, 3.05) is 13.7 Å². The first-order valence-corrected chi connectivity index (χ1v) is 5.66. The summed E-state index contributed by atoms with van der Waals surface area (Å²) in [7, 11) is 1.65. The summed E-state index contributed by atoms with van der Waals surface area (Å²) < 4.78 is 4.94. The quantitative estimate of drug-likeness (QED) is 0.637. The highest BCUT2D eigenvalue weighted by Crippen LogP contribution is 1.99. The lowest BCUT2D eigenvalue weighted by atomic mass is 10.1. The molecule has 0 fully saturated rings. The third kappa shape index (κ3) is 7.33. The van der Waals surface area contributed by atoms with Crippen molar-refractivity contribution in [2.24, 2.45) is 5.73 Å². The van der Waals surface area contributed by atoms with E-state index in [1.807, 2.05) is 6.92 Å². The minimum atomic E-state index is -0.366. The Morgan fingerprint density at radius 3 is 2.67 bits per heavy atom. The zero-order valence-electron chi connectivity index (χ0n) is 10.1. The van der Waals surface area contributed by atoms with E-state index >= 15 is 0 Å². The van der Waals surface area contributed by atoms with Crippen LogP contribution in [0.3, 0.4) is 0 Å². The Morgan fingerprint density at radius 2 is 2.13 bits per heavy atom. The molecule has 3 N–H and O–H groups in total. The Hall–Kier alpha value is -0.610. The molecule has 0 rings (SSSR count). The van der Waals surface area contributed by atoms with E-state index in [9.17, 15) is 4.79 Å². The van der Waals surface area contributed by atoms with Gasteiger partial charge in [-0.1, -0.05) is 19.8 Å². The first kappa shape index (κ1) is 14.4. The zero-order chi connectivity index (χ0) is 11.7. The van der Waals surface area contributed by atoms with E-state index in [-0.39, 0.29) is 18.0 Å².